The molecule has 1 saturated heterocycles. The molecule has 0 aliphatic carbocycles. The lowest BCUT2D eigenvalue weighted by atomic mass is 10.1. The molecule has 7 heteroatoms. The summed E-state index contributed by atoms with van der Waals surface area (Å²) in [4.78, 5) is 15.8. The van der Waals surface area contributed by atoms with Crippen molar-refractivity contribution in [2.24, 2.45) is 0 Å². The van der Waals surface area contributed by atoms with Crippen molar-refractivity contribution >= 4 is 23.9 Å². The Balaban J connectivity index is 1.52. The summed E-state index contributed by atoms with van der Waals surface area (Å²) in [6.45, 7) is 11.4. The van der Waals surface area contributed by atoms with Crippen LogP contribution < -0.4 is 20.9 Å². The van der Waals surface area contributed by atoms with Gasteiger partial charge in [-0.05, 0) is 18.4 Å². The summed E-state index contributed by atoms with van der Waals surface area (Å²) < 4.78 is 0. The second kappa shape index (κ2) is 11.7. The van der Waals surface area contributed by atoms with Gasteiger partial charge in [-0.3, -0.25) is 0 Å². The van der Waals surface area contributed by atoms with Gasteiger partial charge in [0.1, 0.15) is 0 Å². The molecule has 0 atom stereocenters. The molecular weight excluding hydrogens is 374 g/mol. The zero-order valence-electron chi connectivity index (χ0n) is 17.4. The van der Waals surface area contributed by atoms with Crippen LogP contribution in [0.2, 0.25) is 0 Å². The Morgan fingerprint density at radius 2 is 1.53 bits per heavy atom. The maximum Gasteiger partial charge on any atom is 0.231 e. The minimum Gasteiger partial charge on any atom is -0.351 e. The summed E-state index contributed by atoms with van der Waals surface area (Å²) in [5.41, 5.74) is 1.23. The largest absolute Gasteiger partial charge is 0.351 e. The van der Waals surface area contributed by atoms with Crippen LogP contribution in [0.1, 0.15) is 18.4 Å². The lowest BCUT2D eigenvalue weighted by Gasteiger charge is -2.32. The van der Waals surface area contributed by atoms with E-state index in [-0.39, 0.29) is 0 Å². The van der Waals surface area contributed by atoms with Gasteiger partial charge in [0, 0.05) is 38.8 Å². The van der Waals surface area contributed by atoms with Crippen LogP contribution in [0, 0.1) is 0 Å². The number of nitrogens with one attached hydrogen (secondary N) is 3. The normalized spacial score (nSPS) is 14.6. The summed E-state index contributed by atoms with van der Waals surface area (Å²) in [7, 11) is 0. The van der Waals surface area contributed by atoms with Crippen LogP contribution in [-0.4, -0.2) is 53.7 Å². The van der Waals surface area contributed by atoms with Gasteiger partial charge in [0.2, 0.25) is 17.8 Å². The number of benzene rings is 1. The van der Waals surface area contributed by atoms with Crippen LogP contribution in [0.25, 0.3) is 6.08 Å². The molecule has 3 N–H and O–H groups in total. The summed E-state index contributed by atoms with van der Waals surface area (Å²) in [6.07, 6.45) is 10.0. The molecule has 0 radical (unpaired) electrons. The third-order valence-corrected chi connectivity index (χ3v) is 4.84. The van der Waals surface area contributed by atoms with E-state index >= 15 is 0 Å². The predicted octanol–water partition coefficient (Wildman–Crippen LogP) is 3.34. The Kier molecular flexibility index (Phi) is 8.41. The molecule has 0 bridgehead atoms. The topological polar surface area (TPSA) is 78.0 Å². The highest BCUT2D eigenvalue weighted by Crippen LogP contribution is 2.19. The molecule has 0 saturated carbocycles. The van der Waals surface area contributed by atoms with E-state index in [1.165, 1.54) is 5.56 Å². The molecule has 0 spiro atoms. The first-order chi connectivity index (χ1) is 14.8. The smallest absolute Gasteiger partial charge is 0.231 e. The summed E-state index contributed by atoms with van der Waals surface area (Å²) in [6, 6.07) is 10.9. The van der Waals surface area contributed by atoms with Gasteiger partial charge in [-0.25, -0.2) is 0 Å². The first-order valence-corrected chi connectivity index (χ1v) is 10.4. The molecule has 1 aliphatic heterocycles. The molecule has 1 aromatic heterocycles. The molecule has 2 aromatic rings. The van der Waals surface area contributed by atoms with Gasteiger partial charge >= 0.3 is 0 Å². The fraction of sp³-hybridized carbons (Fsp3) is 0.348. The molecule has 2 heterocycles. The van der Waals surface area contributed by atoms with E-state index in [0.29, 0.717) is 37.0 Å². The highest BCUT2D eigenvalue weighted by molar-refractivity contribution is 5.49. The van der Waals surface area contributed by atoms with Gasteiger partial charge in [-0.15, -0.1) is 13.2 Å². The van der Waals surface area contributed by atoms with Crippen molar-refractivity contribution in [1.82, 2.24) is 20.3 Å². The minimum absolute atomic E-state index is 0.500. The van der Waals surface area contributed by atoms with Gasteiger partial charge in [0.15, 0.2) is 0 Å². The molecule has 1 aromatic carbocycles. The maximum absolute atomic E-state index is 4.58. The van der Waals surface area contributed by atoms with Gasteiger partial charge < -0.3 is 20.9 Å². The van der Waals surface area contributed by atoms with E-state index in [1.807, 2.05) is 6.07 Å². The Bertz CT molecular complexity index is 796. The number of rotatable bonds is 11. The number of aromatic nitrogens is 3. The number of hydrogen-bond acceptors (Lipinski definition) is 7. The number of anilines is 3. The van der Waals surface area contributed by atoms with E-state index in [0.717, 1.165) is 32.5 Å². The van der Waals surface area contributed by atoms with Crippen LogP contribution in [0.4, 0.5) is 17.8 Å². The second-order valence-corrected chi connectivity index (χ2v) is 7.10. The average Bonchev–Trinajstić information content (AvgIpc) is 2.80. The summed E-state index contributed by atoms with van der Waals surface area (Å²) in [5.74, 6) is 1.81. The summed E-state index contributed by atoms with van der Waals surface area (Å²) in [5, 5.41) is 9.94. The zero-order chi connectivity index (χ0) is 21.0. The van der Waals surface area contributed by atoms with E-state index < -0.39 is 0 Å². The Labute approximate surface area is 179 Å². The van der Waals surface area contributed by atoms with Crippen molar-refractivity contribution < 1.29 is 0 Å². The van der Waals surface area contributed by atoms with E-state index in [4.69, 9.17) is 0 Å². The number of nitrogens with zero attached hydrogens (tertiary/aromatic N) is 4. The van der Waals surface area contributed by atoms with E-state index in [9.17, 15) is 0 Å². The average molecular weight is 406 g/mol. The SMILES string of the molecule is C=CCNc1nc(NCC=C)nc(N2CCC(NCC=Cc3ccccc3)CC2)n1. The zero-order valence-corrected chi connectivity index (χ0v) is 17.4. The van der Waals surface area contributed by atoms with Gasteiger partial charge in [0.05, 0.1) is 0 Å². The fourth-order valence-electron chi connectivity index (χ4n) is 3.27. The molecule has 3 rings (SSSR count). The standard InChI is InChI=1S/C23H31N7/c1-3-14-25-21-27-22(26-15-4-2)29-23(28-21)30-17-12-20(13-18-30)24-16-8-11-19-9-6-5-7-10-19/h3-11,20,24H,1-2,12-18H2,(H2,25,26,27,28,29). The fourth-order valence-corrected chi connectivity index (χ4v) is 3.27. The third-order valence-electron chi connectivity index (χ3n) is 4.84. The molecule has 158 valence electrons. The van der Waals surface area contributed by atoms with Gasteiger partial charge in [0.25, 0.3) is 0 Å². The third kappa shape index (κ3) is 6.70. The molecule has 0 unspecified atom stereocenters. The Hall–Kier alpha value is -3.19. The molecule has 1 fully saturated rings. The molecule has 0 amide bonds. The van der Waals surface area contributed by atoms with Crippen LogP contribution in [0.15, 0.2) is 61.7 Å². The first kappa shape index (κ1) is 21.5. The lowest BCUT2D eigenvalue weighted by molar-refractivity contribution is 0.427. The van der Waals surface area contributed by atoms with E-state index in [2.05, 4.69) is 85.4 Å². The number of hydrogen-bond donors (Lipinski definition) is 3. The molecular formula is C23H31N7. The van der Waals surface area contributed by atoms with Crippen molar-refractivity contribution in [2.75, 3.05) is 48.3 Å². The maximum atomic E-state index is 4.58. The van der Waals surface area contributed by atoms with Crippen molar-refractivity contribution in [3.8, 4) is 0 Å². The quantitative estimate of drug-likeness (QED) is 0.495. The summed E-state index contributed by atoms with van der Waals surface area (Å²) >= 11 is 0. The highest BCUT2D eigenvalue weighted by Gasteiger charge is 2.21. The van der Waals surface area contributed by atoms with Crippen molar-refractivity contribution in [3.63, 3.8) is 0 Å². The van der Waals surface area contributed by atoms with Gasteiger partial charge in [-0.2, -0.15) is 15.0 Å². The Morgan fingerprint density at radius 3 is 2.13 bits per heavy atom. The van der Waals surface area contributed by atoms with Crippen LogP contribution in [-0.2, 0) is 0 Å². The molecule has 7 nitrogen and oxygen atoms in total. The van der Waals surface area contributed by atoms with Crippen LogP contribution in [0.5, 0.6) is 0 Å². The Morgan fingerprint density at radius 1 is 0.900 bits per heavy atom. The van der Waals surface area contributed by atoms with Crippen molar-refractivity contribution in [1.29, 1.82) is 0 Å². The first-order valence-electron chi connectivity index (χ1n) is 10.4. The van der Waals surface area contributed by atoms with Gasteiger partial charge in [-0.1, -0.05) is 54.6 Å². The van der Waals surface area contributed by atoms with Crippen molar-refractivity contribution in [2.45, 2.75) is 18.9 Å². The molecule has 30 heavy (non-hydrogen) atoms. The highest BCUT2D eigenvalue weighted by atomic mass is 15.3. The minimum atomic E-state index is 0.500. The van der Waals surface area contributed by atoms with Crippen LogP contribution >= 0.6 is 0 Å². The van der Waals surface area contributed by atoms with Crippen LogP contribution in [0.3, 0.4) is 0 Å². The van der Waals surface area contributed by atoms with Crippen molar-refractivity contribution in [3.05, 3.63) is 67.3 Å². The molecule has 1 aliphatic rings. The lowest BCUT2D eigenvalue weighted by Crippen LogP contribution is -2.43. The monoisotopic (exact) mass is 405 g/mol. The number of piperidine rings is 1. The predicted molar refractivity (Wildman–Crippen MR) is 126 cm³/mol. The second-order valence-electron chi connectivity index (χ2n) is 7.10. The van der Waals surface area contributed by atoms with E-state index in [1.54, 1.807) is 12.2 Å².